The third kappa shape index (κ3) is 2.70. The van der Waals surface area contributed by atoms with Gasteiger partial charge in [-0.1, -0.05) is 0 Å². The van der Waals surface area contributed by atoms with Crippen LogP contribution in [0.3, 0.4) is 0 Å². The minimum Gasteiger partial charge on any atom is -0.472 e. The van der Waals surface area contributed by atoms with Gasteiger partial charge in [-0.05, 0) is 6.07 Å². The Hall–Kier alpha value is -3.27. The van der Waals surface area contributed by atoms with Crippen molar-refractivity contribution in [3.63, 3.8) is 0 Å². The summed E-state index contributed by atoms with van der Waals surface area (Å²) in [5.74, 6) is 0.305. The number of aromatic amines is 1. The summed E-state index contributed by atoms with van der Waals surface area (Å²) >= 11 is 1.37. The number of furan rings is 1. The second-order valence-electron chi connectivity index (χ2n) is 4.91. The van der Waals surface area contributed by atoms with Crippen molar-refractivity contribution in [2.45, 2.75) is 0 Å². The molecule has 1 amide bonds. The van der Waals surface area contributed by atoms with Gasteiger partial charge in [-0.3, -0.25) is 19.9 Å². The van der Waals surface area contributed by atoms with Gasteiger partial charge in [0.2, 0.25) is 5.95 Å². The number of aryl methyl sites for hydroxylation is 1. The van der Waals surface area contributed by atoms with Crippen LogP contribution in [0.1, 0.15) is 10.5 Å². The van der Waals surface area contributed by atoms with Gasteiger partial charge in [0.05, 0.1) is 18.0 Å². The van der Waals surface area contributed by atoms with Gasteiger partial charge in [0, 0.05) is 24.2 Å². The van der Waals surface area contributed by atoms with E-state index in [9.17, 15) is 4.79 Å². The molecule has 0 saturated carbocycles. The van der Waals surface area contributed by atoms with Crippen LogP contribution < -0.4 is 5.32 Å². The molecule has 2 N–H and O–H groups in total. The van der Waals surface area contributed by atoms with Gasteiger partial charge < -0.3 is 4.42 Å². The van der Waals surface area contributed by atoms with Gasteiger partial charge in [-0.15, -0.1) is 16.4 Å². The van der Waals surface area contributed by atoms with E-state index < -0.39 is 0 Å². The number of aromatic nitrogens is 6. The highest BCUT2D eigenvalue weighted by Gasteiger charge is 2.15. The normalized spacial score (nSPS) is 10.9. The van der Waals surface area contributed by atoms with Crippen LogP contribution in [0.25, 0.3) is 22.0 Å². The third-order valence-corrected chi connectivity index (χ3v) is 4.09. The van der Waals surface area contributed by atoms with Crippen molar-refractivity contribution in [2.24, 2.45) is 7.05 Å². The fourth-order valence-electron chi connectivity index (χ4n) is 2.05. The van der Waals surface area contributed by atoms with E-state index in [-0.39, 0.29) is 11.9 Å². The second-order valence-corrected chi connectivity index (χ2v) is 5.77. The highest BCUT2D eigenvalue weighted by atomic mass is 32.1. The molecule has 0 aliphatic heterocycles. The van der Waals surface area contributed by atoms with E-state index >= 15 is 0 Å². The van der Waals surface area contributed by atoms with E-state index in [1.165, 1.54) is 23.9 Å². The summed E-state index contributed by atoms with van der Waals surface area (Å²) in [6.07, 6.45) is 6.61. The molecular formula is C14H11N7O2S. The van der Waals surface area contributed by atoms with Crippen molar-refractivity contribution in [2.75, 3.05) is 5.32 Å². The van der Waals surface area contributed by atoms with Gasteiger partial charge in [-0.25, -0.2) is 4.98 Å². The van der Waals surface area contributed by atoms with Crippen molar-refractivity contribution in [3.05, 3.63) is 42.1 Å². The number of H-pyrrole nitrogens is 1. The first-order valence-corrected chi connectivity index (χ1v) is 7.78. The van der Waals surface area contributed by atoms with E-state index in [1.807, 2.05) is 13.2 Å². The maximum absolute atomic E-state index is 12.3. The molecule has 4 aromatic rings. The lowest BCUT2D eigenvalue weighted by molar-refractivity contribution is 0.102. The number of hydrogen-bond donors (Lipinski definition) is 2. The van der Waals surface area contributed by atoms with Crippen LogP contribution in [0.5, 0.6) is 0 Å². The lowest BCUT2D eigenvalue weighted by Gasteiger charge is -1.96. The van der Waals surface area contributed by atoms with E-state index in [2.05, 4.69) is 30.6 Å². The molecule has 4 heterocycles. The number of carbonyl (C=O) groups is 1. The lowest BCUT2D eigenvalue weighted by atomic mass is 10.3. The maximum Gasteiger partial charge on any atom is 0.277 e. The molecule has 24 heavy (non-hydrogen) atoms. The van der Waals surface area contributed by atoms with Crippen LogP contribution in [0.4, 0.5) is 5.95 Å². The Balaban J connectivity index is 1.50. The average molecular weight is 341 g/mol. The Bertz CT molecular complexity index is 983. The van der Waals surface area contributed by atoms with Crippen molar-refractivity contribution >= 4 is 23.2 Å². The molecule has 0 unspecified atom stereocenters. The molecule has 0 aromatic carbocycles. The topological polar surface area (TPSA) is 115 Å². The molecule has 0 saturated heterocycles. The summed E-state index contributed by atoms with van der Waals surface area (Å²) in [4.78, 5) is 20.8. The van der Waals surface area contributed by atoms with Crippen molar-refractivity contribution in [1.29, 1.82) is 0 Å². The number of nitrogens with one attached hydrogen (secondary N) is 2. The molecule has 0 bridgehead atoms. The van der Waals surface area contributed by atoms with Gasteiger partial charge >= 0.3 is 0 Å². The molecular weight excluding hydrogens is 330 g/mol. The summed E-state index contributed by atoms with van der Waals surface area (Å²) < 4.78 is 6.67. The minimum absolute atomic E-state index is 0.173. The summed E-state index contributed by atoms with van der Waals surface area (Å²) in [6.45, 7) is 0. The number of carbonyl (C=O) groups excluding carboxylic acids is 1. The van der Waals surface area contributed by atoms with Crippen molar-refractivity contribution < 1.29 is 9.21 Å². The molecule has 0 fully saturated rings. The molecule has 0 aliphatic carbocycles. The first kappa shape index (κ1) is 14.3. The van der Waals surface area contributed by atoms with Gasteiger partial charge in [0.25, 0.3) is 5.91 Å². The molecule has 0 atom stereocenters. The van der Waals surface area contributed by atoms with E-state index in [4.69, 9.17) is 4.42 Å². The molecule has 0 aliphatic rings. The number of amides is 1. The zero-order chi connectivity index (χ0) is 16.5. The number of rotatable bonds is 4. The lowest BCUT2D eigenvalue weighted by Crippen LogP contribution is -2.13. The maximum atomic E-state index is 12.3. The molecule has 0 radical (unpaired) electrons. The summed E-state index contributed by atoms with van der Waals surface area (Å²) in [6, 6.07) is 1.74. The average Bonchev–Trinajstić information content (AvgIpc) is 3.34. The molecule has 4 rings (SSSR count). The van der Waals surface area contributed by atoms with Gasteiger partial charge in [0.1, 0.15) is 17.0 Å². The Morgan fingerprint density at radius 2 is 2.29 bits per heavy atom. The van der Waals surface area contributed by atoms with Gasteiger partial charge in [-0.2, -0.15) is 10.1 Å². The largest absolute Gasteiger partial charge is 0.472 e. The first-order chi connectivity index (χ1) is 11.7. The summed E-state index contributed by atoms with van der Waals surface area (Å²) in [5.41, 5.74) is 1.91. The third-order valence-electron chi connectivity index (χ3n) is 3.19. The van der Waals surface area contributed by atoms with Crippen LogP contribution in [0, 0.1) is 0 Å². The Kier molecular flexibility index (Phi) is 3.43. The van der Waals surface area contributed by atoms with Crippen LogP contribution in [0.2, 0.25) is 0 Å². The van der Waals surface area contributed by atoms with Crippen molar-refractivity contribution in [3.8, 4) is 22.0 Å². The quantitative estimate of drug-likeness (QED) is 0.588. The number of hydrogen-bond acceptors (Lipinski definition) is 7. The summed E-state index contributed by atoms with van der Waals surface area (Å²) in [5, 5.41) is 15.8. The minimum atomic E-state index is -0.376. The Morgan fingerprint density at radius 3 is 3.04 bits per heavy atom. The van der Waals surface area contributed by atoms with Crippen LogP contribution >= 0.6 is 11.3 Å². The van der Waals surface area contributed by atoms with Crippen LogP contribution in [-0.2, 0) is 7.05 Å². The number of thiazole rings is 1. The molecule has 0 spiro atoms. The molecule has 9 nitrogen and oxygen atoms in total. The predicted molar refractivity (Wildman–Crippen MR) is 86.4 cm³/mol. The predicted octanol–water partition coefficient (Wildman–Crippen LogP) is 2.17. The fourth-order valence-corrected chi connectivity index (χ4v) is 2.83. The van der Waals surface area contributed by atoms with Crippen molar-refractivity contribution in [1.82, 2.24) is 29.9 Å². The second kappa shape index (κ2) is 5.74. The number of nitrogens with zero attached hydrogens (tertiary/aromatic N) is 5. The van der Waals surface area contributed by atoms with E-state index in [0.29, 0.717) is 11.5 Å². The first-order valence-electron chi connectivity index (χ1n) is 6.90. The number of anilines is 1. The highest BCUT2D eigenvalue weighted by molar-refractivity contribution is 7.13. The smallest absolute Gasteiger partial charge is 0.277 e. The Labute approximate surface area is 139 Å². The van der Waals surface area contributed by atoms with Crippen LogP contribution in [0.15, 0.2) is 40.8 Å². The molecule has 4 aromatic heterocycles. The van der Waals surface area contributed by atoms with E-state index in [1.54, 1.807) is 22.3 Å². The van der Waals surface area contributed by atoms with Crippen LogP contribution in [-0.4, -0.2) is 35.9 Å². The Morgan fingerprint density at radius 1 is 1.38 bits per heavy atom. The SMILES string of the molecule is Cn1cc(-c2nc(C(=O)Nc3n[nH]c(-c4ccoc4)n3)cs2)cn1. The monoisotopic (exact) mass is 341 g/mol. The summed E-state index contributed by atoms with van der Waals surface area (Å²) in [7, 11) is 1.82. The standard InChI is InChI=1S/C14H11N7O2S/c1-21-5-9(4-15-21)13-16-10(7-24-13)12(22)18-14-17-11(19-20-14)8-2-3-23-6-8/h2-7H,1H3,(H2,17,18,19,20,22). The highest BCUT2D eigenvalue weighted by Crippen LogP contribution is 2.23. The zero-order valence-corrected chi connectivity index (χ0v) is 13.2. The van der Waals surface area contributed by atoms with Gasteiger partial charge in [0.15, 0.2) is 5.82 Å². The van der Waals surface area contributed by atoms with E-state index in [0.717, 1.165) is 16.1 Å². The zero-order valence-electron chi connectivity index (χ0n) is 12.4. The molecule has 10 heteroatoms. The molecule has 120 valence electrons. The fraction of sp³-hybridized carbons (Fsp3) is 0.0714.